The van der Waals surface area contributed by atoms with Crippen LogP contribution in [0.3, 0.4) is 0 Å². The van der Waals surface area contributed by atoms with Crippen LogP contribution in [0.5, 0.6) is 5.75 Å². The molecule has 29 heavy (non-hydrogen) atoms. The van der Waals surface area contributed by atoms with Crippen LogP contribution in [-0.2, 0) is 17.8 Å². The Hall–Kier alpha value is -3.06. The van der Waals surface area contributed by atoms with Gasteiger partial charge in [-0.05, 0) is 43.2 Å². The molecular weight excluding hydrogens is 386 g/mol. The minimum absolute atomic E-state index is 0.00475. The summed E-state index contributed by atoms with van der Waals surface area (Å²) in [6.45, 7) is 6.39. The van der Waals surface area contributed by atoms with Gasteiger partial charge in [0.1, 0.15) is 18.2 Å². The molecule has 1 aliphatic rings. The van der Waals surface area contributed by atoms with Crippen molar-refractivity contribution in [1.82, 2.24) is 14.9 Å². The molecule has 1 fully saturated rings. The second-order valence-corrected chi connectivity index (χ2v) is 8.15. The molecule has 148 valence electrons. The van der Waals surface area contributed by atoms with E-state index in [4.69, 9.17) is 4.74 Å². The third-order valence-electron chi connectivity index (χ3n) is 4.82. The van der Waals surface area contributed by atoms with Crippen molar-refractivity contribution in [3.8, 4) is 5.75 Å². The lowest BCUT2D eigenvalue weighted by Gasteiger charge is -2.12. The van der Waals surface area contributed by atoms with Crippen LogP contribution in [0.1, 0.15) is 11.4 Å². The normalized spacial score (nSPS) is 16.2. The Bertz CT molecular complexity index is 1140. The highest BCUT2D eigenvalue weighted by atomic mass is 32.2. The zero-order valence-corrected chi connectivity index (χ0v) is 16.9. The number of nitrogens with zero attached hydrogens (tertiary/aromatic N) is 2. The fourth-order valence-electron chi connectivity index (χ4n) is 3.34. The first-order chi connectivity index (χ1) is 14.0. The topological polar surface area (TPSA) is 73.2 Å². The van der Waals surface area contributed by atoms with Gasteiger partial charge >= 0.3 is 0 Å². The Labute approximate surface area is 172 Å². The molecule has 1 amide bonds. The molecule has 0 spiro atoms. The van der Waals surface area contributed by atoms with Gasteiger partial charge in [0.15, 0.2) is 0 Å². The van der Waals surface area contributed by atoms with Gasteiger partial charge in [-0.25, -0.2) is 4.98 Å². The second-order valence-electron chi connectivity index (χ2n) is 6.85. The Morgan fingerprint density at radius 3 is 2.66 bits per heavy atom. The summed E-state index contributed by atoms with van der Waals surface area (Å²) in [5, 5.41) is 3.91. The van der Waals surface area contributed by atoms with E-state index in [2.05, 4.69) is 16.9 Å². The fraction of sp³-hybridized carbons (Fsp3) is 0.227. The molecule has 1 N–H and O–H groups in total. The van der Waals surface area contributed by atoms with Gasteiger partial charge in [-0.1, -0.05) is 42.6 Å². The van der Waals surface area contributed by atoms with Crippen molar-refractivity contribution >= 4 is 28.6 Å². The van der Waals surface area contributed by atoms with Gasteiger partial charge in [0.05, 0.1) is 27.7 Å². The van der Waals surface area contributed by atoms with E-state index in [-0.39, 0.29) is 16.7 Å². The molecule has 2 aromatic carbocycles. The van der Waals surface area contributed by atoms with E-state index in [1.165, 1.54) is 11.8 Å². The first kappa shape index (κ1) is 19.3. The highest BCUT2D eigenvalue weighted by molar-refractivity contribution is 8.04. The number of thioether (sulfide) groups is 1. The Kier molecular flexibility index (Phi) is 5.40. The third kappa shape index (κ3) is 4.19. The van der Waals surface area contributed by atoms with Gasteiger partial charge in [-0.2, -0.15) is 0 Å². The minimum Gasteiger partial charge on any atom is -0.492 e. The number of amides is 1. The van der Waals surface area contributed by atoms with Crippen LogP contribution in [-0.4, -0.2) is 27.3 Å². The van der Waals surface area contributed by atoms with Crippen LogP contribution in [0.25, 0.3) is 10.9 Å². The first-order valence-corrected chi connectivity index (χ1v) is 10.2. The van der Waals surface area contributed by atoms with Gasteiger partial charge in [0.25, 0.3) is 5.56 Å². The number of nitrogens with one attached hydrogen (secondary N) is 1. The lowest BCUT2D eigenvalue weighted by Crippen LogP contribution is -2.26. The summed E-state index contributed by atoms with van der Waals surface area (Å²) in [6, 6.07) is 15.0. The zero-order valence-electron chi connectivity index (χ0n) is 16.1. The number of fused-ring (bicyclic) bond motifs is 1. The number of aryl methyl sites for hydroxylation is 1. The van der Waals surface area contributed by atoms with E-state index in [1.807, 2.05) is 49.4 Å². The summed E-state index contributed by atoms with van der Waals surface area (Å²) >= 11 is 1.46. The van der Waals surface area contributed by atoms with Crippen LogP contribution in [0.2, 0.25) is 0 Å². The molecule has 3 aromatic rings. The van der Waals surface area contributed by atoms with E-state index in [0.29, 0.717) is 41.3 Å². The largest absolute Gasteiger partial charge is 0.492 e. The summed E-state index contributed by atoms with van der Waals surface area (Å²) in [6.07, 6.45) is 0.646. The molecule has 6 nitrogen and oxygen atoms in total. The zero-order chi connectivity index (χ0) is 20.4. The van der Waals surface area contributed by atoms with Crippen molar-refractivity contribution in [2.75, 3.05) is 6.61 Å². The maximum atomic E-state index is 12.7. The lowest BCUT2D eigenvalue weighted by molar-refractivity contribution is -0.119. The average Bonchev–Trinajstić information content (AvgIpc) is 3.02. The quantitative estimate of drug-likeness (QED) is 0.680. The summed E-state index contributed by atoms with van der Waals surface area (Å²) in [4.78, 5) is 29.0. The summed E-state index contributed by atoms with van der Waals surface area (Å²) in [5.41, 5.74) is 1.71. The Balaban J connectivity index is 1.38. The van der Waals surface area contributed by atoms with Crippen molar-refractivity contribution in [1.29, 1.82) is 0 Å². The van der Waals surface area contributed by atoms with E-state index in [9.17, 15) is 9.59 Å². The standard InChI is InChI=1S/C22H21N3O3S/c1-14-23-19-6-4-3-5-18(19)22(27)25(14)11-12-28-17-9-7-16(8-10-17)13-20-21(26)24-15(2)29-20/h3-10,20H,2,11-13H2,1H3,(H,24,26). The predicted octanol–water partition coefficient (Wildman–Crippen LogP) is 3.03. The van der Waals surface area contributed by atoms with Gasteiger partial charge in [0.2, 0.25) is 5.91 Å². The number of aromatic nitrogens is 2. The molecular formula is C22H21N3O3S. The van der Waals surface area contributed by atoms with E-state index < -0.39 is 0 Å². The summed E-state index contributed by atoms with van der Waals surface area (Å²) in [5.74, 6) is 1.40. The molecule has 1 aromatic heterocycles. The van der Waals surface area contributed by atoms with Gasteiger partial charge < -0.3 is 10.1 Å². The highest BCUT2D eigenvalue weighted by Crippen LogP contribution is 2.28. The van der Waals surface area contributed by atoms with Crippen LogP contribution < -0.4 is 15.6 Å². The molecule has 0 aliphatic carbocycles. The summed E-state index contributed by atoms with van der Waals surface area (Å²) in [7, 11) is 0. The molecule has 7 heteroatoms. The van der Waals surface area contributed by atoms with E-state index >= 15 is 0 Å². The molecule has 1 saturated heterocycles. The predicted molar refractivity (Wildman–Crippen MR) is 115 cm³/mol. The molecule has 2 heterocycles. The highest BCUT2D eigenvalue weighted by Gasteiger charge is 2.27. The lowest BCUT2D eigenvalue weighted by atomic mass is 10.1. The number of carbonyl (C=O) groups excluding carboxylic acids is 1. The summed E-state index contributed by atoms with van der Waals surface area (Å²) < 4.78 is 7.45. The van der Waals surface area contributed by atoms with Crippen molar-refractivity contribution in [2.45, 2.75) is 25.1 Å². The number of ether oxygens (including phenoxy) is 1. The Morgan fingerprint density at radius 2 is 1.93 bits per heavy atom. The van der Waals surface area contributed by atoms with Gasteiger partial charge in [-0.15, -0.1) is 0 Å². The number of para-hydroxylation sites is 1. The average molecular weight is 407 g/mol. The number of hydrogen-bond donors (Lipinski definition) is 1. The van der Waals surface area contributed by atoms with E-state index in [1.54, 1.807) is 10.6 Å². The number of carbonyl (C=O) groups is 1. The van der Waals surface area contributed by atoms with Gasteiger partial charge in [-0.3, -0.25) is 14.2 Å². The maximum Gasteiger partial charge on any atom is 0.261 e. The van der Waals surface area contributed by atoms with Crippen molar-refractivity contribution in [3.05, 3.63) is 81.9 Å². The molecule has 1 aliphatic heterocycles. The molecule has 0 bridgehead atoms. The molecule has 4 rings (SSSR count). The van der Waals surface area contributed by atoms with Crippen molar-refractivity contribution in [3.63, 3.8) is 0 Å². The first-order valence-electron chi connectivity index (χ1n) is 9.35. The maximum absolute atomic E-state index is 12.7. The minimum atomic E-state index is -0.135. The van der Waals surface area contributed by atoms with Gasteiger partial charge in [0, 0.05) is 0 Å². The van der Waals surface area contributed by atoms with Crippen molar-refractivity contribution < 1.29 is 9.53 Å². The molecule has 0 saturated carbocycles. The van der Waals surface area contributed by atoms with Crippen molar-refractivity contribution in [2.24, 2.45) is 0 Å². The third-order valence-corrected chi connectivity index (χ3v) is 5.87. The molecule has 1 atom stereocenters. The SMILES string of the molecule is C=C1NC(=O)C(Cc2ccc(OCCn3c(C)nc4ccccc4c3=O)cc2)S1. The van der Waals surface area contributed by atoms with Crippen LogP contribution in [0.4, 0.5) is 0 Å². The number of hydrogen-bond acceptors (Lipinski definition) is 5. The van der Waals surface area contributed by atoms with E-state index in [0.717, 1.165) is 11.3 Å². The Morgan fingerprint density at radius 1 is 1.17 bits per heavy atom. The monoisotopic (exact) mass is 407 g/mol. The molecule has 1 unspecified atom stereocenters. The van der Waals surface area contributed by atoms with Crippen LogP contribution >= 0.6 is 11.8 Å². The number of rotatable bonds is 6. The molecule has 0 radical (unpaired) electrons. The fourth-order valence-corrected chi connectivity index (χ4v) is 4.28. The second kappa shape index (κ2) is 8.13. The smallest absolute Gasteiger partial charge is 0.261 e. The van der Waals surface area contributed by atoms with Crippen LogP contribution in [0.15, 0.2) is 64.9 Å². The number of benzene rings is 2. The van der Waals surface area contributed by atoms with Crippen LogP contribution in [0, 0.1) is 6.92 Å².